The van der Waals surface area contributed by atoms with E-state index >= 15 is 0 Å². The van der Waals surface area contributed by atoms with Crippen molar-refractivity contribution in [2.24, 2.45) is 0 Å². The Morgan fingerprint density at radius 2 is 1.35 bits per heavy atom. The van der Waals surface area contributed by atoms with Gasteiger partial charge < -0.3 is 21.9 Å². The summed E-state index contributed by atoms with van der Waals surface area (Å²) >= 11 is 0. The van der Waals surface area contributed by atoms with Crippen LogP contribution in [0.3, 0.4) is 0 Å². The average Bonchev–Trinajstić information content (AvgIpc) is 3.20. The van der Waals surface area contributed by atoms with Crippen LogP contribution in [-0.4, -0.2) is 23.9 Å². The Morgan fingerprint density at radius 3 is 2.03 bits per heavy atom. The van der Waals surface area contributed by atoms with E-state index in [9.17, 15) is 0 Å². The molecule has 2 aliphatic rings. The van der Waals surface area contributed by atoms with Gasteiger partial charge in [0.1, 0.15) is 7.05 Å². The van der Waals surface area contributed by atoms with Crippen LogP contribution in [0.5, 0.6) is 0 Å². The van der Waals surface area contributed by atoms with Crippen LogP contribution < -0.4 is 21.9 Å². The molecule has 0 saturated heterocycles. The summed E-state index contributed by atoms with van der Waals surface area (Å²) in [6, 6.07) is 17.8. The van der Waals surface area contributed by atoms with E-state index in [2.05, 4.69) is 118 Å². The Labute approximate surface area is 237 Å². The Kier molecular flexibility index (Phi) is 10.0. The van der Waals surface area contributed by atoms with Crippen molar-refractivity contribution in [1.82, 2.24) is 0 Å². The Bertz CT molecular complexity index is 1150. The molecule has 0 aliphatic carbocycles. The highest BCUT2D eigenvalue weighted by atomic mass is 79.9. The number of allylic oxidation sites excluding steroid dienone is 4. The fourth-order valence-corrected chi connectivity index (χ4v) is 6.32. The summed E-state index contributed by atoms with van der Waals surface area (Å²) in [5, 5.41) is 0. The molecule has 2 aliphatic heterocycles. The first-order valence-electron chi connectivity index (χ1n) is 14.3. The van der Waals surface area contributed by atoms with E-state index in [-0.39, 0.29) is 27.8 Å². The van der Waals surface area contributed by atoms with E-state index in [4.69, 9.17) is 0 Å². The zero-order chi connectivity index (χ0) is 25.8. The molecule has 37 heavy (non-hydrogen) atoms. The van der Waals surface area contributed by atoms with E-state index < -0.39 is 0 Å². The van der Waals surface area contributed by atoms with Crippen molar-refractivity contribution >= 4 is 17.1 Å². The molecule has 4 rings (SSSR count). The van der Waals surface area contributed by atoms with Gasteiger partial charge in [-0.05, 0) is 38.0 Å². The maximum atomic E-state index is 2.60. The number of benzene rings is 2. The van der Waals surface area contributed by atoms with Crippen molar-refractivity contribution in [1.29, 1.82) is 0 Å². The van der Waals surface area contributed by atoms with Gasteiger partial charge in [0, 0.05) is 41.1 Å². The van der Waals surface area contributed by atoms with Crippen LogP contribution in [0.25, 0.3) is 0 Å². The molecule has 2 aromatic rings. The smallest absolute Gasteiger partial charge is 0.209 e. The molecule has 2 heterocycles. The first-order valence-corrected chi connectivity index (χ1v) is 14.3. The summed E-state index contributed by atoms with van der Waals surface area (Å²) in [5.74, 6) is 0. The van der Waals surface area contributed by atoms with Gasteiger partial charge in [-0.25, -0.2) is 0 Å². The summed E-state index contributed by atoms with van der Waals surface area (Å²) in [7, 11) is 2.20. The number of para-hydroxylation sites is 2. The highest BCUT2D eigenvalue weighted by Crippen LogP contribution is 2.47. The summed E-state index contributed by atoms with van der Waals surface area (Å²) in [5.41, 5.74) is 8.34. The number of hydrogen-bond donors (Lipinski definition) is 0. The first kappa shape index (κ1) is 29.4. The second kappa shape index (κ2) is 12.6. The number of hydrogen-bond acceptors (Lipinski definition) is 1. The summed E-state index contributed by atoms with van der Waals surface area (Å²) < 4.78 is 2.36. The van der Waals surface area contributed by atoms with E-state index in [0.29, 0.717) is 0 Å². The molecular formula is C34H47BrN2. The summed E-state index contributed by atoms with van der Waals surface area (Å²) in [4.78, 5) is 2.60. The third kappa shape index (κ3) is 5.98. The van der Waals surface area contributed by atoms with Gasteiger partial charge in [-0.15, -0.1) is 0 Å². The topological polar surface area (TPSA) is 6.25 Å². The molecular weight excluding hydrogens is 516 g/mol. The van der Waals surface area contributed by atoms with Gasteiger partial charge in [0.25, 0.3) is 0 Å². The highest BCUT2D eigenvalue weighted by Gasteiger charge is 2.43. The second-order valence-electron chi connectivity index (χ2n) is 11.8. The van der Waals surface area contributed by atoms with E-state index in [0.717, 1.165) is 6.54 Å². The molecule has 0 amide bonds. The second-order valence-corrected chi connectivity index (χ2v) is 11.8. The maximum absolute atomic E-state index is 2.60. The van der Waals surface area contributed by atoms with Crippen LogP contribution in [-0.2, 0) is 10.8 Å². The summed E-state index contributed by atoms with van der Waals surface area (Å²) in [6.45, 7) is 12.8. The Morgan fingerprint density at radius 1 is 0.757 bits per heavy atom. The van der Waals surface area contributed by atoms with Crippen LogP contribution >= 0.6 is 0 Å². The standard InChI is InChI=1S/C34H47N2.BrH/c1-7-8-9-10-11-12-13-18-26-36-30-23-17-15-21-28(30)34(4,5)32(36)25-19-24-31-33(2,3)27-20-14-16-22-29(27)35(31)6;/h14-17,19-25H,7-13,18,26H2,1-6H3;1H/q+1;/p-1. The van der Waals surface area contributed by atoms with Gasteiger partial charge in [-0.2, -0.15) is 4.58 Å². The molecule has 0 unspecified atom stereocenters. The van der Waals surface area contributed by atoms with Gasteiger partial charge >= 0.3 is 0 Å². The van der Waals surface area contributed by atoms with Gasteiger partial charge in [-0.1, -0.05) is 108 Å². The lowest BCUT2D eigenvalue weighted by Gasteiger charge is -2.27. The lowest BCUT2D eigenvalue weighted by molar-refractivity contribution is -0.401. The molecule has 0 N–H and O–H groups in total. The minimum absolute atomic E-state index is 0. The number of nitrogens with zero attached hydrogens (tertiary/aromatic N) is 2. The largest absolute Gasteiger partial charge is 1.00 e. The molecule has 200 valence electrons. The van der Waals surface area contributed by atoms with E-state index in [1.165, 1.54) is 85.3 Å². The molecule has 0 saturated carbocycles. The lowest BCUT2D eigenvalue weighted by Crippen LogP contribution is -3.00. The van der Waals surface area contributed by atoms with Crippen molar-refractivity contribution in [2.75, 3.05) is 18.5 Å². The van der Waals surface area contributed by atoms with Crippen molar-refractivity contribution in [2.45, 2.75) is 96.8 Å². The van der Waals surface area contributed by atoms with Gasteiger partial charge in [0.15, 0.2) is 5.71 Å². The normalized spacial score (nSPS) is 18.4. The fraction of sp³-hybridized carbons (Fsp3) is 0.500. The van der Waals surface area contributed by atoms with Crippen molar-refractivity contribution < 1.29 is 21.6 Å². The van der Waals surface area contributed by atoms with Gasteiger partial charge in [-0.3, -0.25) is 0 Å². The zero-order valence-corrected chi connectivity index (χ0v) is 25.6. The highest BCUT2D eigenvalue weighted by molar-refractivity contribution is 6.03. The molecule has 0 atom stereocenters. The number of rotatable bonds is 11. The maximum Gasteiger partial charge on any atom is 0.209 e. The monoisotopic (exact) mass is 562 g/mol. The molecule has 2 aromatic carbocycles. The molecule has 2 nitrogen and oxygen atoms in total. The third-order valence-corrected chi connectivity index (χ3v) is 8.48. The molecule has 0 aromatic heterocycles. The van der Waals surface area contributed by atoms with E-state index in [1.54, 1.807) is 0 Å². The number of unbranched alkanes of at least 4 members (excludes halogenated alkanes) is 7. The van der Waals surface area contributed by atoms with Crippen LogP contribution in [0.4, 0.5) is 11.4 Å². The Balaban J connectivity index is 0.00000380. The van der Waals surface area contributed by atoms with Crippen LogP contribution in [0.15, 0.2) is 72.5 Å². The van der Waals surface area contributed by atoms with Crippen molar-refractivity contribution in [3.63, 3.8) is 0 Å². The van der Waals surface area contributed by atoms with Crippen LogP contribution in [0.1, 0.15) is 97.1 Å². The predicted octanol–water partition coefficient (Wildman–Crippen LogP) is 6.08. The lowest BCUT2D eigenvalue weighted by atomic mass is 9.81. The molecule has 0 fully saturated rings. The first-order chi connectivity index (χ1) is 17.3. The minimum atomic E-state index is 0. The number of fused-ring (bicyclic) bond motifs is 2. The predicted molar refractivity (Wildman–Crippen MR) is 157 cm³/mol. The molecule has 0 radical (unpaired) electrons. The minimum Gasteiger partial charge on any atom is -1.00 e. The van der Waals surface area contributed by atoms with Gasteiger partial charge in [0.05, 0.1) is 5.41 Å². The van der Waals surface area contributed by atoms with Crippen molar-refractivity contribution in [3.05, 3.63) is 83.6 Å². The number of anilines is 1. The summed E-state index contributed by atoms with van der Waals surface area (Å²) in [6.07, 6.45) is 17.8. The molecule has 0 spiro atoms. The molecule has 3 heteroatoms. The van der Waals surface area contributed by atoms with Crippen LogP contribution in [0.2, 0.25) is 0 Å². The third-order valence-electron chi connectivity index (χ3n) is 8.48. The van der Waals surface area contributed by atoms with E-state index in [1.807, 2.05) is 0 Å². The zero-order valence-electron chi connectivity index (χ0n) is 24.0. The fourth-order valence-electron chi connectivity index (χ4n) is 6.32. The Hall–Kier alpha value is -2.13. The average molecular weight is 564 g/mol. The molecule has 0 bridgehead atoms. The SMILES string of the molecule is CCCCCCCCCCN1/C(=C/C=C/C2=[N+](C)c3ccccc3C2(C)C)C(C)(C)c2ccccc21.[Br-]. The number of halogens is 1. The quantitative estimate of drug-likeness (QED) is 0.238. The van der Waals surface area contributed by atoms with Gasteiger partial charge in [0.2, 0.25) is 5.69 Å². The van der Waals surface area contributed by atoms with Crippen LogP contribution in [0, 0.1) is 0 Å². The van der Waals surface area contributed by atoms with Crippen molar-refractivity contribution in [3.8, 4) is 0 Å².